The summed E-state index contributed by atoms with van der Waals surface area (Å²) in [5.74, 6) is -1.05. The highest BCUT2D eigenvalue weighted by Gasteiger charge is 2.26. The Kier molecular flexibility index (Phi) is 4.04. The lowest BCUT2D eigenvalue weighted by Crippen LogP contribution is -2.39. The summed E-state index contributed by atoms with van der Waals surface area (Å²) in [6.45, 7) is 4.93. The van der Waals surface area contributed by atoms with Crippen LogP contribution in [0.5, 0.6) is 0 Å². The number of primary amides is 1. The Morgan fingerprint density at radius 3 is 2.74 bits per heavy atom. The zero-order valence-corrected chi connectivity index (χ0v) is 11.1. The number of carbonyl (C=O) groups excluding carboxylic acids is 1. The molecular weight excluding hydrogens is 245 g/mol. The number of benzene rings is 1. The normalized spacial score (nSPS) is 18.0. The van der Waals surface area contributed by atoms with Gasteiger partial charge in [0.25, 0.3) is 0 Å². The Morgan fingerprint density at radius 2 is 2.16 bits per heavy atom. The number of piperidine rings is 1. The highest BCUT2D eigenvalue weighted by atomic mass is 19.1. The fourth-order valence-corrected chi connectivity index (χ4v) is 2.33. The third kappa shape index (κ3) is 3.44. The molecule has 0 unspecified atom stereocenters. The highest BCUT2D eigenvalue weighted by molar-refractivity contribution is 5.93. The number of hydrogen-bond donors (Lipinski definition) is 3. The molecule has 1 aromatic rings. The Balaban J connectivity index is 2.01. The van der Waals surface area contributed by atoms with E-state index in [1.54, 1.807) is 12.1 Å². The van der Waals surface area contributed by atoms with E-state index in [9.17, 15) is 9.18 Å². The Hall–Kier alpha value is -1.62. The van der Waals surface area contributed by atoms with Crippen molar-refractivity contribution in [3.8, 4) is 0 Å². The summed E-state index contributed by atoms with van der Waals surface area (Å²) in [4.78, 5) is 10.9. The van der Waals surface area contributed by atoms with Gasteiger partial charge in [-0.15, -0.1) is 0 Å². The van der Waals surface area contributed by atoms with E-state index in [0.717, 1.165) is 32.5 Å². The van der Waals surface area contributed by atoms with Crippen LogP contribution in [0.2, 0.25) is 0 Å². The molecule has 0 aliphatic carbocycles. The molecule has 1 heterocycles. The van der Waals surface area contributed by atoms with E-state index in [1.165, 1.54) is 6.07 Å². The monoisotopic (exact) mass is 265 g/mol. The molecule has 0 aromatic heterocycles. The molecule has 2 rings (SSSR count). The van der Waals surface area contributed by atoms with Crippen molar-refractivity contribution in [3.05, 3.63) is 29.6 Å². The number of halogens is 1. The Labute approximate surface area is 112 Å². The van der Waals surface area contributed by atoms with Crippen LogP contribution in [-0.2, 0) is 0 Å². The Morgan fingerprint density at radius 1 is 1.47 bits per heavy atom. The number of anilines is 1. The predicted molar refractivity (Wildman–Crippen MR) is 73.6 cm³/mol. The van der Waals surface area contributed by atoms with Crippen LogP contribution in [-0.4, -0.2) is 25.5 Å². The van der Waals surface area contributed by atoms with Crippen LogP contribution in [0.1, 0.15) is 30.1 Å². The largest absolute Gasteiger partial charge is 0.382 e. The van der Waals surface area contributed by atoms with E-state index in [2.05, 4.69) is 17.6 Å². The zero-order chi connectivity index (χ0) is 13.9. The van der Waals surface area contributed by atoms with Crippen LogP contribution in [0.25, 0.3) is 0 Å². The topological polar surface area (TPSA) is 67.1 Å². The fraction of sp³-hybridized carbons (Fsp3) is 0.500. The molecule has 19 heavy (non-hydrogen) atoms. The van der Waals surface area contributed by atoms with Crippen LogP contribution in [0.15, 0.2) is 18.2 Å². The fourth-order valence-electron chi connectivity index (χ4n) is 2.33. The van der Waals surface area contributed by atoms with Gasteiger partial charge < -0.3 is 16.4 Å². The van der Waals surface area contributed by atoms with Gasteiger partial charge in [0, 0.05) is 12.1 Å². The van der Waals surface area contributed by atoms with E-state index >= 15 is 0 Å². The van der Waals surface area contributed by atoms with Crippen molar-refractivity contribution < 1.29 is 9.18 Å². The first-order valence-electron chi connectivity index (χ1n) is 6.54. The van der Waals surface area contributed by atoms with Gasteiger partial charge in [-0.1, -0.05) is 6.92 Å². The molecule has 1 aliphatic heterocycles. The molecule has 5 heteroatoms. The van der Waals surface area contributed by atoms with Gasteiger partial charge in [-0.3, -0.25) is 4.79 Å². The summed E-state index contributed by atoms with van der Waals surface area (Å²) in [6, 6.07) is 4.29. The van der Waals surface area contributed by atoms with E-state index in [-0.39, 0.29) is 11.0 Å². The number of carbonyl (C=O) groups is 1. The Bertz CT molecular complexity index is 470. The van der Waals surface area contributed by atoms with Crippen molar-refractivity contribution in [2.24, 2.45) is 11.1 Å². The molecule has 104 valence electrons. The number of nitrogens with one attached hydrogen (secondary N) is 2. The van der Waals surface area contributed by atoms with Crippen molar-refractivity contribution in [3.63, 3.8) is 0 Å². The number of amides is 1. The minimum absolute atomic E-state index is 0.181. The maximum absolute atomic E-state index is 13.8. The van der Waals surface area contributed by atoms with Gasteiger partial charge in [0.1, 0.15) is 5.82 Å². The van der Waals surface area contributed by atoms with Gasteiger partial charge in [0.05, 0.1) is 5.69 Å². The van der Waals surface area contributed by atoms with Crippen molar-refractivity contribution in [1.82, 2.24) is 5.32 Å². The SMILES string of the molecule is CC1(CNc2ccc(C(N)=O)cc2F)CCNCC1. The summed E-state index contributed by atoms with van der Waals surface area (Å²) in [5.41, 5.74) is 5.90. The molecule has 4 nitrogen and oxygen atoms in total. The molecule has 4 N–H and O–H groups in total. The molecule has 0 bridgehead atoms. The van der Waals surface area contributed by atoms with Crippen molar-refractivity contribution >= 4 is 11.6 Å². The molecule has 1 saturated heterocycles. The number of nitrogens with two attached hydrogens (primary N) is 1. The van der Waals surface area contributed by atoms with Crippen LogP contribution < -0.4 is 16.4 Å². The van der Waals surface area contributed by atoms with Crippen molar-refractivity contribution in [2.45, 2.75) is 19.8 Å². The summed E-state index contributed by atoms with van der Waals surface area (Å²) < 4.78 is 13.8. The van der Waals surface area contributed by atoms with Gasteiger partial charge in [-0.05, 0) is 49.5 Å². The molecule has 0 saturated carbocycles. The van der Waals surface area contributed by atoms with E-state index in [4.69, 9.17) is 5.73 Å². The first kappa shape index (κ1) is 13.8. The second-order valence-electron chi connectivity index (χ2n) is 5.47. The maximum Gasteiger partial charge on any atom is 0.248 e. The first-order chi connectivity index (χ1) is 9.00. The molecule has 1 amide bonds. The third-order valence-corrected chi connectivity index (χ3v) is 3.77. The second-order valence-corrected chi connectivity index (χ2v) is 5.47. The molecule has 1 aliphatic rings. The van der Waals surface area contributed by atoms with Crippen molar-refractivity contribution in [1.29, 1.82) is 0 Å². The highest BCUT2D eigenvalue weighted by Crippen LogP contribution is 2.28. The lowest BCUT2D eigenvalue weighted by atomic mass is 9.81. The first-order valence-corrected chi connectivity index (χ1v) is 6.54. The minimum Gasteiger partial charge on any atom is -0.382 e. The maximum atomic E-state index is 13.8. The van der Waals surface area contributed by atoms with E-state index < -0.39 is 11.7 Å². The van der Waals surface area contributed by atoms with Gasteiger partial charge in [0.2, 0.25) is 5.91 Å². The number of hydrogen-bond acceptors (Lipinski definition) is 3. The van der Waals surface area contributed by atoms with Crippen LogP contribution in [0, 0.1) is 11.2 Å². The van der Waals surface area contributed by atoms with Crippen LogP contribution >= 0.6 is 0 Å². The third-order valence-electron chi connectivity index (χ3n) is 3.77. The average Bonchev–Trinajstić information content (AvgIpc) is 2.38. The molecule has 1 aromatic carbocycles. The van der Waals surface area contributed by atoms with Gasteiger partial charge in [-0.2, -0.15) is 0 Å². The second kappa shape index (κ2) is 5.57. The van der Waals surface area contributed by atoms with E-state index in [1.807, 2.05) is 0 Å². The predicted octanol–water partition coefficient (Wildman–Crippen LogP) is 1.73. The van der Waals surface area contributed by atoms with Gasteiger partial charge in [-0.25, -0.2) is 4.39 Å². The summed E-state index contributed by atoms with van der Waals surface area (Å²) in [5, 5.41) is 6.45. The lowest BCUT2D eigenvalue weighted by molar-refractivity contribution is 0.1000. The molecule has 0 radical (unpaired) electrons. The molecule has 1 fully saturated rings. The number of rotatable bonds is 4. The summed E-state index contributed by atoms with van der Waals surface area (Å²) in [7, 11) is 0. The van der Waals surface area contributed by atoms with Crippen LogP contribution in [0.3, 0.4) is 0 Å². The molecule has 0 spiro atoms. The lowest BCUT2D eigenvalue weighted by Gasteiger charge is -2.34. The zero-order valence-electron chi connectivity index (χ0n) is 11.1. The molecule has 0 atom stereocenters. The smallest absolute Gasteiger partial charge is 0.248 e. The minimum atomic E-state index is -0.615. The molecular formula is C14H20FN3O. The summed E-state index contributed by atoms with van der Waals surface area (Å²) in [6.07, 6.45) is 2.14. The quantitative estimate of drug-likeness (QED) is 0.776. The van der Waals surface area contributed by atoms with Crippen LogP contribution in [0.4, 0.5) is 10.1 Å². The van der Waals surface area contributed by atoms with Gasteiger partial charge in [0.15, 0.2) is 0 Å². The van der Waals surface area contributed by atoms with Crippen molar-refractivity contribution in [2.75, 3.05) is 25.0 Å². The van der Waals surface area contributed by atoms with Gasteiger partial charge >= 0.3 is 0 Å². The standard InChI is InChI=1S/C14H20FN3O/c1-14(4-6-17-7-5-14)9-18-12-3-2-10(13(16)19)8-11(12)15/h2-3,8,17-18H,4-7,9H2,1H3,(H2,16,19). The average molecular weight is 265 g/mol. The summed E-state index contributed by atoms with van der Waals surface area (Å²) >= 11 is 0. The van der Waals surface area contributed by atoms with E-state index in [0.29, 0.717) is 5.69 Å².